The molecule has 1 aromatic rings. The van der Waals surface area contributed by atoms with Crippen LogP contribution in [0.4, 0.5) is 5.69 Å². The van der Waals surface area contributed by atoms with E-state index < -0.39 is 123 Å². The first-order valence-electron chi connectivity index (χ1n) is 14.3. The number of rotatable bonds is 9. The molecule has 46 heavy (non-hydrogen) atoms. The Hall–Kier alpha value is -2.22. The zero-order chi connectivity index (χ0) is 33.3. The standard InChI is InChI=1S/C26H37NO19/c28-10-5-39-23(19(33)15(10)29)44-12-7-41-25(21(35)17(12)31)46-14-8-42-26(22(36)18(14)32)45-13-6-40-24(20(34)16(13)30)43-11-4-2-1-3-9(11)27(37)38/h1-4,10,12-26,28-36H,5-8H2/t10-,12-,13-,14-,15+,16+,17+,18+,19-,20-,21-,22-,23+,24+,25+,26+/m1/s1. The minimum Gasteiger partial charge on any atom is -0.455 e. The number of hydrogen-bond acceptors (Lipinski definition) is 19. The van der Waals surface area contributed by atoms with Gasteiger partial charge >= 0.3 is 5.69 Å². The Morgan fingerprint density at radius 1 is 0.565 bits per heavy atom. The lowest BCUT2D eigenvalue weighted by Crippen LogP contribution is -2.62. The third-order valence-corrected chi connectivity index (χ3v) is 7.99. The second kappa shape index (κ2) is 14.9. The van der Waals surface area contributed by atoms with Crippen LogP contribution in [0.25, 0.3) is 0 Å². The van der Waals surface area contributed by atoms with Crippen molar-refractivity contribution < 1.29 is 88.8 Å². The molecule has 0 aliphatic carbocycles. The molecule has 4 heterocycles. The van der Waals surface area contributed by atoms with Gasteiger partial charge in [0.05, 0.1) is 31.4 Å². The topological polar surface area (TPSA) is 299 Å². The van der Waals surface area contributed by atoms with Crippen LogP contribution in [0, 0.1) is 10.1 Å². The maximum absolute atomic E-state index is 11.2. The smallest absolute Gasteiger partial charge is 0.311 e. The highest BCUT2D eigenvalue weighted by molar-refractivity contribution is 5.45. The van der Waals surface area contributed by atoms with Crippen LogP contribution in [0.1, 0.15) is 0 Å². The van der Waals surface area contributed by atoms with E-state index in [9.17, 15) is 56.1 Å². The predicted molar refractivity (Wildman–Crippen MR) is 141 cm³/mol. The summed E-state index contributed by atoms with van der Waals surface area (Å²) in [6, 6.07) is 5.36. The molecule has 0 saturated carbocycles. The van der Waals surface area contributed by atoms with E-state index in [4.69, 9.17) is 37.9 Å². The van der Waals surface area contributed by atoms with Gasteiger partial charge in [0, 0.05) is 6.07 Å². The van der Waals surface area contributed by atoms with E-state index in [0.29, 0.717) is 0 Å². The number of aliphatic hydroxyl groups excluding tert-OH is 9. The average Bonchev–Trinajstić information content (AvgIpc) is 3.04. The van der Waals surface area contributed by atoms with E-state index in [1.807, 2.05) is 0 Å². The van der Waals surface area contributed by atoms with Gasteiger partial charge in [-0.2, -0.15) is 0 Å². The molecule has 4 fully saturated rings. The van der Waals surface area contributed by atoms with Crippen LogP contribution in [0.2, 0.25) is 0 Å². The summed E-state index contributed by atoms with van der Waals surface area (Å²) in [7, 11) is 0. The van der Waals surface area contributed by atoms with Gasteiger partial charge in [0.25, 0.3) is 0 Å². The molecule has 0 radical (unpaired) electrons. The molecule has 0 bridgehead atoms. The number of aliphatic hydroxyl groups is 9. The fourth-order valence-electron chi connectivity index (χ4n) is 5.25. The van der Waals surface area contributed by atoms with Crippen molar-refractivity contribution in [1.82, 2.24) is 0 Å². The van der Waals surface area contributed by atoms with E-state index in [-0.39, 0.29) is 18.0 Å². The van der Waals surface area contributed by atoms with Gasteiger partial charge in [-0.3, -0.25) is 10.1 Å². The minimum atomic E-state index is -1.78. The Balaban J connectivity index is 1.10. The van der Waals surface area contributed by atoms with Gasteiger partial charge in [-0.05, 0) is 6.07 Å². The van der Waals surface area contributed by atoms with Gasteiger partial charge in [0.2, 0.25) is 6.29 Å². The lowest BCUT2D eigenvalue weighted by Gasteiger charge is -2.44. The lowest BCUT2D eigenvalue weighted by molar-refractivity contribution is -0.387. The molecule has 9 N–H and O–H groups in total. The first-order chi connectivity index (χ1) is 21.9. The summed E-state index contributed by atoms with van der Waals surface area (Å²) in [5, 5.41) is 104. The number of nitrogens with zero attached hydrogens (tertiary/aromatic N) is 1. The zero-order valence-electron chi connectivity index (χ0n) is 23.9. The zero-order valence-corrected chi connectivity index (χ0v) is 23.9. The van der Waals surface area contributed by atoms with Crippen LogP contribution in [0.15, 0.2) is 24.3 Å². The van der Waals surface area contributed by atoms with E-state index in [1.165, 1.54) is 24.3 Å². The molecule has 20 heteroatoms. The Kier molecular flexibility index (Phi) is 11.4. The van der Waals surface area contributed by atoms with Crippen molar-refractivity contribution in [2.24, 2.45) is 0 Å². The van der Waals surface area contributed by atoms with Crippen molar-refractivity contribution in [3.05, 3.63) is 34.4 Å². The highest BCUT2D eigenvalue weighted by atomic mass is 16.8. The summed E-state index contributed by atoms with van der Waals surface area (Å²) >= 11 is 0. The normalized spacial score (nSPS) is 45.2. The molecule has 260 valence electrons. The third kappa shape index (κ3) is 7.42. The number of nitro groups is 1. The van der Waals surface area contributed by atoms with Crippen molar-refractivity contribution in [2.75, 3.05) is 26.4 Å². The second-order valence-corrected chi connectivity index (χ2v) is 11.2. The predicted octanol–water partition coefficient (Wildman–Crippen LogP) is -5.20. The fraction of sp³-hybridized carbons (Fsp3) is 0.769. The molecule has 4 saturated heterocycles. The van der Waals surface area contributed by atoms with Crippen molar-refractivity contribution in [2.45, 2.75) is 98.4 Å². The molecule has 20 nitrogen and oxygen atoms in total. The van der Waals surface area contributed by atoms with E-state index in [0.717, 1.165) is 0 Å². The largest absolute Gasteiger partial charge is 0.455 e. The maximum Gasteiger partial charge on any atom is 0.311 e. The molecular formula is C26H37NO19. The number of ether oxygens (including phenoxy) is 8. The molecule has 4 aliphatic heterocycles. The second-order valence-electron chi connectivity index (χ2n) is 11.2. The van der Waals surface area contributed by atoms with Crippen LogP contribution in [0.5, 0.6) is 5.75 Å². The van der Waals surface area contributed by atoms with Gasteiger partial charge in [0.1, 0.15) is 73.2 Å². The summed E-state index contributed by atoms with van der Waals surface area (Å²) in [4.78, 5) is 10.5. The SMILES string of the molecule is O=[N+]([O-])c1ccccc1O[C@@H]1OC[C@@H](O[C@@H]2OC[C@@H](O[C@@H]3OC[C@@H](O[C@@H]4OC[C@@H](O)[C@H](O)[C@H]4O)[C@H](O)[C@H]3O)[C@H](O)[C@H]2O)[C@H](O)[C@H]1O. The summed E-state index contributed by atoms with van der Waals surface area (Å²) in [5.74, 6) is -0.205. The van der Waals surface area contributed by atoms with E-state index >= 15 is 0 Å². The van der Waals surface area contributed by atoms with Crippen molar-refractivity contribution in [3.63, 3.8) is 0 Å². The highest BCUT2D eigenvalue weighted by Gasteiger charge is 2.49. The molecule has 0 aromatic heterocycles. The maximum atomic E-state index is 11.2. The van der Waals surface area contributed by atoms with Gasteiger partial charge in [0.15, 0.2) is 24.6 Å². The summed E-state index contributed by atoms with van der Waals surface area (Å²) < 4.78 is 43.4. The van der Waals surface area contributed by atoms with Crippen LogP contribution in [-0.2, 0) is 33.2 Å². The van der Waals surface area contributed by atoms with Crippen LogP contribution >= 0.6 is 0 Å². The Morgan fingerprint density at radius 3 is 1.43 bits per heavy atom. The van der Waals surface area contributed by atoms with E-state index in [2.05, 4.69) is 0 Å². The first kappa shape index (κ1) is 35.1. The lowest BCUT2D eigenvalue weighted by atomic mass is 10.0. The molecule has 0 amide bonds. The molecule has 5 rings (SSSR count). The molecule has 0 unspecified atom stereocenters. The average molecular weight is 668 g/mol. The molecule has 0 spiro atoms. The van der Waals surface area contributed by atoms with Crippen molar-refractivity contribution in [3.8, 4) is 5.75 Å². The molecule has 4 aliphatic rings. The first-order valence-corrected chi connectivity index (χ1v) is 14.3. The minimum absolute atomic E-state index is 0.205. The van der Waals surface area contributed by atoms with Gasteiger partial charge in [-0.15, -0.1) is 0 Å². The summed E-state index contributed by atoms with van der Waals surface area (Å²) in [6.07, 6.45) is -24.7. The summed E-state index contributed by atoms with van der Waals surface area (Å²) in [6.45, 7) is -1.58. The third-order valence-electron chi connectivity index (χ3n) is 7.99. The van der Waals surface area contributed by atoms with Gasteiger partial charge < -0.3 is 83.9 Å². The Morgan fingerprint density at radius 2 is 0.957 bits per heavy atom. The highest BCUT2D eigenvalue weighted by Crippen LogP contribution is 2.31. The Labute approximate surface area is 259 Å². The van der Waals surface area contributed by atoms with Crippen LogP contribution in [0.3, 0.4) is 0 Å². The monoisotopic (exact) mass is 667 g/mol. The van der Waals surface area contributed by atoms with Gasteiger partial charge in [-0.25, -0.2) is 0 Å². The van der Waals surface area contributed by atoms with Crippen molar-refractivity contribution >= 4 is 5.69 Å². The quantitative estimate of drug-likeness (QED) is 0.0878. The number of para-hydroxylation sites is 2. The van der Waals surface area contributed by atoms with Crippen LogP contribution in [-0.4, -0.2) is 176 Å². The molecular weight excluding hydrogens is 630 g/mol. The fourth-order valence-corrected chi connectivity index (χ4v) is 5.25. The number of benzene rings is 1. The Bertz CT molecular complexity index is 1160. The van der Waals surface area contributed by atoms with Gasteiger partial charge in [-0.1, -0.05) is 12.1 Å². The van der Waals surface area contributed by atoms with Crippen molar-refractivity contribution in [1.29, 1.82) is 0 Å². The number of hydrogen-bond donors (Lipinski definition) is 9. The molecule has 16 atom stereocenters. The molecule has 1 aromatic carbocycles. The van der Waals surface area contributed by atoms with Crippen LogP contribution < -0.4 is 4.74 Å². The number of nitro benzene ring substituents is 1. The summed E-state index contributed by atoms with van der Waals surface area (Å²) in [5.41, 5.74) is -0.388. The van der Waals surface area contributed by atoms with E-state index in [1.54, 1.807) is 0 Å².